The molecule has 0 atom stereocenters. The molecule has 0 aromatic carbocycles. The molecule has 1 heterocycles. The van der Waals surface area contributed by atoms with Gasteiger partial charge in [0, 0.05) is 12.2 Å². The third kappa shape index (κ3) is 2.27. The van der Waals surface area contributed by atoms with E-state index in [0.29, 0.717) is 5.92 Å². The summed E-state index contributed by atoms with van der Waals surface area (Å²) in [5, 5.41) is 3.32. The molecule has 1 N–H and O–H groups in total. The normalized spacial score (nSPS) is 16.6. The highest BCUT2D eigenvalue weighted by Gasteiger charge is 2.05. The van der Waals surface area contributed by atoms with Crippen LogP contribution < -0.4 is 5.32 Å². The first-order chi connectivity index (χ1) is 3.80. The fraction of sp³-hybridized carbons (Fsp3) is 0.714. The first kappa shape index (κ1) is 8.83. The van der Waals surface area contributed by atoms with Crippen molar-refractivity contribution in [1.82, 2.24) is 5.32 Å². The molecule has 0 fully saturated rings. The Morgan fingerprint density at radius 3 is 2.44 bits per heavy atom. The average Bonchev–Trinajstić information content (AvgIpc) is 2.12. The van der Waals surface area contributed by atoms with E-state index in [1.54, 1.807) is 0 Å². The van der Waals surface area contributed by atoms with Gasteiger partial charge in [-0.3, -0.25) is 0 Å². The molecule has 1 aliphatic rings. The Balaban J connectivity index is 0.000000640. The van der Waals surface area contributed by atoms with E-state index in [0.717, 1.165) is 6.54 Å². The maximum atomic E-state index is 3.32. The number of nitrogens with one attached hydrogen (secondary N) is 1. The van der Waals surface area contributed by atoms with Crippen LogP contribution in [0.4, 0.5) is 0 Å². The molecule has 0 aromatic rings. The van der Waals surface area contributed by atoms with Gasteiger partial charge in [0.15, 0.2) is 0 Å². The summed E-state index contributed by atoms with van der Waals surface area (Å²) in [6, 6.07) is 0. The van der Waals surface area contributed by atoms with E-state index < -0.39 is 0 Å². The molecule has 0 radical (unpaired) electrons. The summed E-state index contributed by atoms with van der Waals surface area (Å²) in [7, 11) is 0. The summed E-state index contributed by atoms with van der Waals surface area (Å²) in [6.45, 7) is 5.57. The lowest BCUT2D eigenvalue weighted by Gasteiger charge is -2.05. The van der Waals surface area contributed by atoms with Crippen molar-refractivity contribution in [3.63, 3.8) is 0 Å². The second-order valence-corrected chi connectivity index (χ2v) is 2.53. The van der Waals surface area contributed by atoms with Crippen molar-refractivity contribution in [2.75, 3.05) is 6.54 Å². The summed E-state index contributed by atoms with van der Waals surface area (Å²) >= 11 is 0. The molecule has 0 aromatic heterocycles. The highest BCUT2D eigenvalue weighted by Crippen LogP contribution is 2.10. The molecule has 0 saturated heterocycles. The molecule has 54 valence electrons. The minimum Gasteiger partial charge on any atom is -0.388 e. The smallest absolute Gasteiger partial charge is 0.0179 e. The van der Waals surface area contributed by atoms with Crippen molar-refractivity contribution in [2.24, 2.45) is 5.92 Å². The number of rotatable bonds is 1. The van der Waals surface area contributed by atoms with Crippen LogP contribution in [-0.2, 0) is 0 Å². The zero-order valence-corrected chi connectivity index (χ0v) is 6.79. The van der Waals surface area contributed by atoms with E-state index in [-0.39, 0.29) is 12.4 Å². The predicted octanol–water partition coefficient (Wildman–Crippen LogP) is 1.94. The Hall–Kier alpha value is -0.170. The molecule has 0 spiro atoms. The fourth-order valence-electron chi connectivity index (χ4n) is 0.956. The van der Waals surface area contributed by atoms with Crippen LogP contribution in [-0.4, -0.2) is 6.54 Å². The van der Waals surface area contributed by atoms with Crippen LogP contribution in [0.25, 0.3) is 0 Å². The first-order valence-electron chi connectivity index (χ1n) is 3.24. The summed E-state index contributed by atoms with van der Waals surface area (Å²) < 4.78 is 0. The molecule has 0 bridgehead atoms. The minimum absolute atomic E-state index is 0. The number of hydrogen-bond acceptors (Lipinski definition) is 1. The van der Waals surface area contributed by atoms with Gasteiger partial charge in [-0.25, -0.2) is 0 Å². The Kier molecular flexibility index (Phi) is 3.71. The zero-order chi connectivity index (χ0) is 5.98. The molecule has 1 nitrogen and oxygen atoms in total. The molecule has 0 unspecified atom stereocenters. The lowest BCUT2D eigenvalue weighted by molar-refractivity contribution is 0.692. The van der Waals surface area contributed by atoms with Gasteiger partial charge in [-0.15, -0.1) is 12.4 Å². The number of halogens is 1. The van der Waals surface area contributed by atoms with Crippen LogP contribution in [0.2, 0.25) is 0 Å². The zero-order valence-electron chi connectivity index (χ0n) is 5.98. The highest BCUT2D eigenvalue weighted by molar-refractivity contribution is 5.85. The summed E-state index contributed by atoms with van der Waals surface area (Å²) in [5.41, 5.74) is 1.42. The van der Waals surface area contributed by atoms with Crippen molar-refractivity contribution >= 4 is 12.4 Å². The van der Waals surface area contributed by atoms with Gasteiger partial charge in [-0.2, -0.15) is 0 Å². The molecule has 0 saturated carbocycles. The van der Waals surface area contributed by atoms with Crippen molar-refractivity contribution in [1.29, 1.82) is 0 Å². The molecular weight excluding hydrogens is 134 g/mol. The summed E-state index contributed by atoms with van der Waals surface area (Å²) in [6.07, 6.45) is 3.50. The maximum Gasteiger partial charge on any atom is 0.0179 e. The monoisotopic (exact) mass is 147 g/mol. The second-order valence-electron chi connectivity index (χ2n) is 2.53. The van der Waals surface area contributed by atoms with Gasteiger partial charge in [0.25, 0.3) is 0 Å². The first-order valence-corrected chi connectivity index (χ1v) is 3.24. The Labute approximate surface area is 62.9 Å². The van der Waals surface area contributed by atoms with Crippen molar-refractivity contribution in [2.45, 2.75) is 20.3 Å². The molecule has 1 rings (SSSR count). The molecule has 9 heavy (non-hydrogen) atoms. The van der Waals surface area contributed by atoms with Crippen LogP contribution >= 0.6 is 12.4 Å². The van der Waals surface area contributed by atoms with Gasteiger partial charge < -0.3 is 5.32 Å². The van der Waals surface area contributed by atoms with E-state index in [9.17, 15) is 0 Å². The Morgan fingerprint density at radius 2 is 2.22 bits per heavy atom. The predicted molar refractivity (Wildman–Crippen MR) is 42.8 cm³/mol. The van der Waals surface area contributed by atoms with E-state index in [1.165, 1.54) is 12.1 Å². The fourth-order valence-corrected chi connectivity index (χ4v) is 0.956. The van der Waals surface area contributed by atoms with Gasteiger partial charge >= 0.3 is 0 Å². The van der Waals surface area contributed by atoms with Gasteiger partial charge in [0.2, 0.25) is 0 Å². The quantitative estimate of drug-likeness (QED) is 0.598. The van der Waals surface area contributed by atoms with Crippen LogP contribution in [0.1, 0.15) is 20.3 Å². The summed E-state index contributed by atoms with van der Waals surface area (Å²) in [5.74, 6) is 0.692. The third-order valence-corrected chi connectivity index (χ3v) is 1.46. The van der Waals surface area contributed by atoms with E-state index >= 15 is 0 Å². The molecule has 2 heteroatoms. The molecule has 0 aliphatic carbocycles. The van der Waals surface area contributed by atoms with Crippen LogP contribution in [0.15, 0.2) is 11.8 Å². The topological polar surface area (TPSA) is 12.0 Å². The van der Waals surface area contributed by atoms with Gasteiger partial charge in [-0.1, -0.05) is 19.9 Å². The van der Waals surface area contributed by atoms with Crippen molar-refractivity contribution < 1.29 is 0 Å². The van der Waals surface area contributed by atoms with Crippen molar-refractivity contribution in [3.05, 3.63) is 11.8 Å². The molecule has 1 aliphatic heterocycles. The SMILES string of the molecule is CC(C)C1=CCCN1.Cl. The molecule has 0 amide bonds. The van der Waals surface area contributed by atoms with Gasteiger partial charge in [0.1, 0.15) is 0 Å². The van der Waals surface area contributed by atoms with Gasteiger partial charge in [-0.05, 0) is 12.3 Å². The lowest BCUT2D eigenvalue weighted by Crippen LogP contribution is -2.11. The van der Waals surface area contributed by atoms with Crippen LogP contribution in [0, 0.1) is 5.92 Å². The Bertz CT molecular complexity index is 107. The third-order valence-electron chi connectivity index (χ3n) is 1.46. The summed E-state index contributed by atoms with van der Waals surface area (Å²) in [4.78, 5) is 0. The average molecular weight is 148 g/mol. The largest absolute Gasteiger partial charge is 0.388 e. The molecular formula is C7H14ClN. The highest BCUT2D eigenvalue weighted by atomic mass is 35.5. The van der Waals surface area contributed by atoms with E-state index in [2.05, 4.69) is 25.2 Å². The number of allylic oxidation sites excluding steroid dienone is 1. The van der Waals surface area contributed by atoms with E-state index in [4.69, 9.17) is 0 Å². The Morgan fingerprint density at radius 1 is 1.56 bits per heavy atom. The maximum absolute atomic E-state index is 3.32. The van der Waals surface area contributed by atoms with Gasteiger partial charge in [0.05, 0.1) is 0 Å². The van der Waals surface area contributed by atoms with Crippen molar-refractivity contribution in [3.8, 4) is 0 Å². The van der Waals surface area contributed by atoms with Crippen LogP contribution in [0.3, 0.4) is 0 Å². The number of hydrogen-bond donors (Lipinski definition) is 1. The standard InChI is InChI=1S/C7H13N.ClH/c1-6(2)7-4-3-5-8-7;/h4,6,8H,3,5H2,1-2H3;1H. The lowest BCUT2D eigenvalue weighted by atomic mass is 10.1. The second kappa shape index (κ2) is 3.78. The minimum atomic E-state index is 0. The van der Waals surface area contributed by atoms with Crippen LogP contribution in [0.5, 0.6) is 0 Å². The van der Waals surface area contributed by atoms with E-state index in [1.807, 2.05) is 0 Å².